The fourth-order valence-electron chi connectivity index (χ4n) is 2.89. The average Bonchev–Trinajstić information content (AvgIpc) is 3.26. The molecule has 4 rings (SSSR count). The van der Waals surface area contributed by atoms with E-state index in [1.165, 1.54) is 23.1 Å². The Morgan fingerprint density at radius 3 is 2.67 bits per heavy atom. The number of methoxy groups -OCH3 is 1. The van der Waals surface area contributed by atoms with E-state index in [1.807, 2.05) is 53.9 Å². The highest BCUT2D eigenvalue weighted by atomic mass is 32.2. The summed E-state index contributed by atoms with van der Waals surface area (Å²) in [5.41, 5.74) is 3.10. The highest BCUT2D eigenvalue weighted by Crippen LogP contribution is 2.33. The van der Waals surface area contributed by atoms with Crippen LogP contribution in [0.25, 0.3) is 22.0 Å². The average molecular weight is 392 g/mol. The summed E-state index contributed by atoms with van der Waals surface area (Å²) < 4.78 is 5.36. The lowest BCUT2D eigenvalue weighted by Crippen LogP contribution is -2.00. The number of ketones is 1. The molecule has 0 saturated heterocycles. The van der Waals surface area contributed by atoms with Gasteiger partial charge in [0.1, 0.15) is 5.75 Å². The lowest BCUT2D eigenvalue weighted by molar-refractivity contribution is 0.102. The molecule has 2 heterocycles. The van der Waals surface area contributed by atoms with Gasteiger partial charge in [-0.15, -0.1) is 11.3 Å². The van der Waals surface area contributed by atoms with Crippen molar-refractivity contribution in [1.29, 1.82) is 0 Å². The number of ether oxygens (including phenoxy) is 1. The van der Waals surface area contributed by atoms with Gasteiger partial charge in [-0.25, -0.2) is 4.98 Å². The lowest BCUT2D eigenvalue weighted by atomic mass is 10.0. The summed E-state index contributed by atoms with van der Waals surface area (Å²) in [6, 6.07) is 22.0. The number of fused-ring (bicyclic) bond motifs is 1. The second-order valence-electron chi connectivity index (χ2n) is 5.95. The Balaban J connectivity index is 1.73. The first-order valence-electron chi connectivity index (χ1n) is 8.48. The lowest BCUT2D eigenvalue weighted by Gasteiger charge is -2.11. The zero-order chi connectivity index (χ0) is 18.6. The summed E-state index contributed by atoms with van der Waals surface area (Å²) in [7, 11) is 1.65. The van der Waals surface area contributed by atoms with Crippen LogP contribution in [0.15, 0.2) is 77.1 Å². The van der Waals surface area contributed by atoms with Gasteiger partial charge >= 0.3 is 0 Å². The summed E-state index contributed by atoms with van der Waals surface area (Å²) in [6.45, 7) is 0. The maximum Gasteiger partial charge on any atom is 0.183 e. The maximum absolute atomic E-state index is 12.3. The van der Waals surface area contributed by atoms with Crippen molar-refractivity contribution in [3.8, 4) is 16.9 Å². The molecule has 134 valence electrons. The molecule has 0 saturated carbocycles. The fourth-order valence-corrected chi connectivity index (χ4v) is 4.44. The number of carbonyl (C=O) groups is 1. The highest BCUT2D eigenvalue weighted by Gasteiger charge is 2.12. The zero-order valence-electron chi connectivity index (χ0n) is 14.7. The van der Waals surface area contributed by atoms with Crippen LogP contribution >= 0.6 is 23.1 Å². The summed E-state index contributed by atoms with van der Waals surface area (Å²) in [5.74, 6) is 1.27. The number of nitrogens with zero attached hydrogens (tertiary/aromatic N) is 1. The first-order valence-corrected chi connectivity index (χ1v) is 10.3. The van der Waals surface area contributed by atoms with Gasteiger partial charge < -0.3 is 4.74 Å². The van der Waals surface area contributed by atoms with Crippen LogP contribution in [0.2, 0.25) is 0 Å². The first kappa shape index (κ1) is 17.8. The van der Waals surface area contributed by atoms with Crippen molar-refractivity contribution in [1.82, 2.24) is 4.98 Å². The van der Waals surface area contributed by atoms with Crippen molar-refractivity contribution in [2.45, 2.75) is 5.03 Å². The van der Waals surface area contributed by atoms with Gasteiger partial charge in [-0.1, -0.05) is 48.2 Å². The molecule has 0 amide bonds. The Kier molecular flexibility index (Phi) is 5.23. The second-order valence-corrected chi connectivity index (χ2v) is 7.89. The van der Waals surface area contributed by atoms with E-state index in [0.29, 0.717) is 5.75 Å². The van der Waals surface area contributed by atoms with E-state index in [4.69, 9.17) is 9.72 Å². The Bertz CT molecular complexity index is 1080. The molecule has 0 radical (unpaired) electrons. The number of benzene rings is 2. The van der Waals surface area contributed by atoms with Crippen LogP contribution in [0.1, 0.15) is 9.67 Å². The number of hydrogen-bond acceptors (Lipinski definition) is 5. The molecule has 27 heavy (non-hydrogen) atoms. The molecule has 5 heteroatoms. The van der Waals surface area contributed by atoms with Crippen LogP contribution in [0.3, 0.4) is 0 Å². The largest absolute Gasteiger partial charge is 0.497 e. The number of hydrogen-bond donors (Lipinski definition) is 0. The van der Waals surface area contributed by atoms with Gasteiger partial charge in [0.2, 0.25) is 0 Å². The van der Waals surface area contributed by atoms with E-state index >= 15 is 0 Å². The predicted molar refractivity (Wildman–Crippen MR) is 113 cm³/mol. The topological polar surface area (TPSA) is 39.2 Å². The molecule has 0 fully saturated rings. The van der Waals surface area contributed by atoms with E-state index < -0.39 is 0 Å². The quantitative estimate of drug-likeness (QED) is 0.301. The molecule has 0 aliphatic rings. The molecular weight excluding hydrogens is 374 g/mol. The van der Waals surface area contributed by atoms with Crippen molar-refractivity contribution in [2.24, 2.45) is 0 Å². The van der Waals surface area contributed by atoms with Crippen LogP contribution in [0.5, 0.6) is 5.75 Å². The smallest absolute Gasteiger partial charge is 0.183 e. The van der Waals surface area contributed by atoms with Crippen molar-refractivity contribution >= 4 is 39.8 Å². The minimum absolute atomic E-state index is 0.129. The molecule has 4 aromatic rings. The van der Waals surface area contributed by atoms with Crippen molar-refractivity contribution in [2.75, 3.05) is 12.9 Å². The Morgan fingerprint density at radius 1 is 1.07 bits per heavy atom. The van der Waals surface area contributed by atoms with Crippen LogP contribution in [-0.2, 0) is 0 Å². The minimum Gasteiger partial charge on any atom is -0.497 e. The van der Waals surface area contributed by atoms with E-state index in [-0.39, 0.29) is 5.78 Å². The number of rotatable bonds is 6. The highest BCUT2D eigenvalue weighted by molar-refractivity contribution is 8.00. The van der Waals surface area contributed by atoms with Gasteiger partial charge in [-0.3, -0.25) is 4.79 Å². The van der Waals surface area contributed by atoms with Gasteiger partial charge in [0.15, 0.2) is 5.78 Å². The third-order valence-electron chi connectivity index (χ3n) is 4.23. The van der Waals surface area contributed by atoms with Crippen LogP contribution in [-0.4, -0.2) is 23.6 Å². The van der Waals surface area contributed by atoms with Crippen molar-refractivity contribution in [3.63, 3.8) is 0 Å². The normalized spacial score (nSPS) is 10.9. The Labute approximate surface area is 166 Å². The standard InChI is InChI=1S/C22H17NO2S2/c1-25-16-9-10-17-18(15-6-3-2-4-7-15)13-22(23-19(17)12-16)27-14-20(24)21-8-5-11-26-21/h2-13H,14H2,1H3. The third-order valence-corrected chi connectivity index (χ3v) is 6.05. The zero-order valence-corrected chi connectivity index (χ0v) is 16.3. The molecule has 3 nitrogen and oxygen atoms in total. The third kappa shape index (κ3) is 3.89. The summed E-state index contributed by atoms with van der Waals surface area (Å²) in [4.78, 5) is 17.9. The molecule has 0 aliphatic carbocycles. The molecule has 0 bridgehead atoms. The molecule has 0 aliphatic heterocycles. The molecule has 0 N–H and O–H groups in total. The van der Waals surface area contributed by atoms with Gasteiger partial charge in [-0.05, 0) is 40.8 Å². The summed E-state index contributed by atoms with van der Waals surface area (Å²) in [6.07, 6.45) is 0. The number of pyridine rings is 1. The number of thioether (sulfide) groups is 1. The van der Waals surface area contributed by atoms with E-state index in [0.717, 1.165) is 37.7 Å². The molecule has 2 aromatic carbocycles. The van der Waals surface area contributed by atoms with E-state index in [2.05, 4.69) is 18.2 Å². The molecule has 0 atom stereocenters. The second kappa shape index (κ2) is 7.94. The van der Waals surface area contributed by atoms with E-state index in [9.17, 15) is 4.79 Å². The van der Waals surface area contributed by atoms with Gasteiger partial charge in [0.25, 0.3) is 0 Å². The monoisotopic (exact) mass is 391 g/mol. The summed E-state index contributed by atoms with van der Waals surface area (Å²) >= 11 is 2.94. The number of aromatic nitrogens is 1. The van der Waals surface area contributed by atoms with Crippen LogP contribution < -0.4 is 4.74 Å². The minimum atomic E-state index is 0.129. The van der Waals surface area contributed by atoms with E-state index in [1.54, 1.807) is 7.11 Å². The first-order chi connectivity index (χ1) is 13.2. The predicted octanol–water partition coefficient (Wildman–Crippen LogP) is 5.95. The van der Waals surface area contributed by atoms with Gasteiger partial charge in [0, 0.05) is 11.5 Å². The molecular formula is C22H17NO2S2. The van der Waals surface area contributed by atoms with Crippen molar-refractivity contribution in [3.05, 3.63) is 77.0 Å². The Morgan fingerprint density at radius 2 is 1.93 bits per heavy atom. The number of thiophene rings is 1. The van der Waals surface area contributed by atoms with Gasteiger partial charge in [-0.2, -0.15) is 0 Å². The summed E-state index contributed by atoms with van der Waals surface area (Å²) in [5, 5.41) is 3.82. The Hall–Kier alpha value is -2.63. The molecule has 2 aromatic heterocycles. The number of carbonyl (C=O) groups excluding carboxylic acids is 1. The number of Topliss-reactive ketones (excluding diaryl/α,β-unsaturated/α-hetero) is 1. The molecule has 0 unspecified atom stereocenters. The van der Waals surface area contributed by atoms with Crippen LogP contribution in [0.4, 0.5) is 0 Å². The molecule has 0 spiro atoms. The fraction of sp³-hybridized carbons (Fsp3) is 0.0909. The van der Waals surface area contributed by atoms with Crippen LogP contribution in [0, 0.1) is 0 Å². The van der Waals surface area contributed by atoms with Gasteiger partial charge in [0.05, 0.1) is 28.3 Å². The van der Waals surface area contributed by atoms with Crippen molar-refractivity contribution < 1.29 is 9.53 Å². The maximum atomic E-state index is 12.3. The SMILES string of the molecule is COc1ccc2c(-c3ccccc3)cc(SCC(=O)c3cccs3)nc2c1.